The summed E-state index contributed by atoms with van der Waals surface area (Å²) in [4.78, 5) is 12.3. The van der Waals surface area contributed by atoms with Gasteiger partial charge in [-0.25, -0.2) is 0 Å². The van der Waals surface area contributed by atoms with Gasteiger partial charge in [0, 0.05) is 5.92 Å². The summed E-state index contributed by atoms with van der Waals surface area (Å²) < 4.78 is 5.51. The second-order valence-electron chi connectivity index (χ2n) is 4.95. The molecule has 1 aromatic carbocycles. The van der Waals surface area contributed by atoms with Crippen LogP contribution < -0.4 is 15.8 Å². The molecule has 0 spiro atoms. The monoisotopic (exact) mass is 262 g/mol. The van der Waals surface area contributed by atoms with Crippen LogP contribution >= 0.6 is 0 Å². The zero-order valence-electron chi connectivity index (χ0n) is 11.4. The maximum absolute atomic E-state index is 12.3. The molecule has 0 heterocycles. The number of hydrogen-bond donors (Lipinski definition) is 2. The summed E-state index contributed by atoms with van der Waals surface area (Å²) in [7, 11) is 0. The van der Waals surface area contributed by atoms with E-state index in [2.05, 4.69) is 5.32 Å². The van der Waals surface area contributed by atoms with Gasteiger partial charge in [-0.3, -0.25) is 4.79 Å². The first kappa shape index (κ1) is 13.9. The third-order valence-corrected chi connectivity index (χ3v) is 3.74. The van der Waals surface area contributed by atoms with Crippen LogP contribution in [0, 0.1) is 11.8 Å². The molecule has 2 rings (SSSR count). The van der Waals surface area contributed by atoms with E-state index >= 15 is 0 Å². The number of anilines is 1. The number of carbonyl (C=O) groups excluding carboxylic acids is 1. The average Bonchev–Trinajstić information content (AvgIpc) is 2.89. The van der Waals surface area contributed by atoms with Gasteiger partial charge in [-0.2, -0.15) is 0 Å². The van der Waals surface area contributed by atoms with Crippen molar-refractivity contribution in [2.45, 2.75) is 26.2 Å². The fourth-order valence-electron chi connectivity index (χ4n) is 2.74. The van der Waals surface area contributed by atoms with E-state index in [0.29, 0.717) is 19.1 Å². The van der Waals surface area contributed by atoms with E-state index in [1.807, 2.05) is 31.2 Å². The van der Waals surface area contributed by atoms with Gasteiger partial charge in [0.25, 0.3) is 0 Å². The number of para-hydroxylation sites is 2. The maximum Gasteiger partial charge on any atom is 0.227 e. The van der Waals surface area contributed by atoms with Crippen molar-refractivity contribution in [1.29, 1.82) is 0 Å². The van der Waals surface area contributed by atoms with Crippen molar-refractivity contribution in [2.75, 3.05) is 18.5 Å². The van der Waals surface area contributed by atoms with E-state index in [1.165, 1.54) is 0 Å². The molecular formula is C15H22N2O2. The van der Waals surface area contributed by atoms with Crippen molar-refractivity contribution in [3.63, 3.8) is 0 Å². The number of hydrogen-bond acceptors (Lipinski definition) is 3. The van der Waals surface area contributed by atoms with Crippen LogP contribution in [0.1, 0.15) is 26.2 Å². The molecule has 0 saturated heterocycles. The van der Waals surface area contributed by atoms with Crippen molar-refractivity contribution >= 4 is 11.6 Å². The number of benzene rings is 1. The van der Waals surface area contributed by atoms with Gasteiger partial charge in [-0.1, -0.05) is 18.6 Å². The highest BCUT2D eigenvalue weighted by Crippen LogP contribution is 2.33. The van der Waals surface area contributed by atoms with Crippen molar-refractivity contribution in [3.8, 4) is 5.75 Å². The molecule has 1 saturated carbocycles. The SMILES string of the molecule is CCOc1ccccc1NC(=O)C1CCCC1CN. The topological polar surface area (TPSA) is 64.3 Å². The Kier molecular flexibility index (Phi) is 4.80. The molecule has 2 atom stereocenters. The van der Waals surface area contributed by atoms with Gasteiger partial charge in [0.05, 0.1) is 12.3 Å². The minimum atomic E-state index is 0.0414. The Morgan fingerprint density at radius 1 is 1.42 bits per heavy atom. The quantitative estimate of drug-likeness (QED) is 0.856. The molecule has 4 heteroatoms. The summed E-state index contributed by atoms with van der Waals surface area (Å²) in [6.07, 6.45) is 3.08. The van der Waals surface area contributed by atoms with Gasteiger partial charge in [-0.15, -0.1) is 0 Å². The van der Waals surface area contributed by atoms with Gasteiger partial charge < -0.3 is 15.8 Å². The van der Waals surface area contributed by atoms with Crippen LogP contribution in [0.4, 0.5) is 5.69 Å². The predicted octanol–water partition coefficient (Wildman–Crippen LogP) is 2.40. The Morgan fingerprint density at radius 3 is 2.95 bits per heavy atom. The van der Waals surface area contributed by atoms with Gasteiger partial charge in [0.2, 0.25) is 5.91 Å². The fraction of sp³-hybridized carbons (Fsp3) is 0.533. The van der Waals surface area contributed by atoms with Crippen LogP contribution in [0.3, 0.4) is 0 Å². The largest absolute Gasteiger partial charge is 0.492 e. The second-order valence-corrected chi connectivity index (χ2v) is 4.95. The van der Waals surface area contributed by atoms with Crippen LogP contribution in [-0.4, -0.2) is 19.1 Å². The molecule has 0 bridgehead atoms. The molecule has 104 valence electrons. The zero-order valence-corrected chi connectivity index (χ0v) is 11.4. The summed E-state index contributed by atoms with van der Waals surface area (Å²) in [5, 5.41) is 2.98. The summed E-state index contributed by atoms with van der Waals surface area (Å²) in [6.45, 7) is 3.10. The lowest BCUT2D eigenvalue weighted by Gasteiger charge is -2.18. The van der Waals surface area contributed by atoms with Crippen molar-refractivity contribution in [1.82, 2.24) is 0 Å². The lowest BCUT2D eigenvalue weighted by atomic mass is 9.95. The number of carbonyl (C=O) groups is 1. The molecule has 4 nitrogen and oxygen atoms in total. The Morgan fingerprint density at radius 2 is 2.21 bits per heavy atom. The Hall–Kier alpha value is -1.55. The van der Waals surface area contributed by atoms with E-state index in [0.717, 1.165) is 30.7 Å². The molecule has 1 aromatic rings. The van der Waals surface area contributed by atoms with Crippen molar-refractivity contribution in [2.24, 2.45) is 17.6 Å². The molecule has 0 aromatic heterocycles. The molecule has 1 aliphatic rings. The van der Waals surface area contributed by atoms with Crippen LogP contribution in [0.15, 0.2) is 24.3 Å². The Labute approximate surface area is 114 Å². The minimum absolute atomic E-state index is 0.0414. The summed E-state index contributed by atoms with van der Waals surface area (Å²) in [6, 6.07) is 7.54. The van der Waals surface area contributed by atoms with Crippen LogP contribution in [0.2, 0.25) is 0 Å². The van der Waals surface area contributed by atoms with Gasteiger partial charge >= 0.3 is 0 Å². The molecule has 0 aliphatic heterocycles. The smallest absolute Gasteiger partial charge is 0.227 e. The number of amides is 1. The van der Waals surface area contributed by atoms with Crippen molar-refractivity contribution < 1.29 is 9.53 Å². The number of rotatable bonds is 5. The molecule has 1 amide bonds. The molecule has 3 N–H and O–H groups in total. The maximum atomic E-state index is 12.3. The van der Waals surface area contributed by atoms with E-state index in [4.69, 9.17) is 10.5 Å². The summed E-state index contributed by atoms with van der Waals surface area (Å²) >= 11 is 0. The van der Waals surface area contributed by atoms with E-state index in [-0.39, 0.29) is 11.8 Å². The fourth-order valence-corrected chi connectivity index (χ4v) is 2.74. The average molecular weight is 262 g/mol. The van der Waals surface area contributed by atoms with Gasteiger partial charge in [-0.05, 0) is 44.4 Å². The lowest BCUT2D eigenvalue weighted by Crippen LogP contribution is -2.29. The molecule has 19 heavy (non-hydrogen) atoms. The number of ether oxygens (including phenoxy) is 1. The summed E-state index contributed by atoms with van der Waals surface area (Å²) in [5.74, 6) is 1.15. The Balaban J connectivity index is 2.06. The normalized spacial score (nSPS) is 22.2. The minimum Gasteiger partial charge on any atom is -0.492 e. The first-order valence-corrected chi connectivity index (χ1v) is 6.99. The van der Waals surface area contributed by atoms with Crippen LogP contribution in [-0.2, 0) is 4.79 Å². The standard InChI is InChI=1S/C15H22N2O2/c1-2-19-14-9-4-3-8-13(14)17-15(18)12-7-5-6-11(12)10-16/h3-4,8-9,11-12H,2,5-7,10,16H2,1H3,(H,17,18). The number of nitrogens with two attached hydrogens (primary N) is 1. The molecule has 2 unspecified atom stereocenters. The van der Waals surface area contributed by atoms with E-state index < -0.39 is 0 Å². The van der Waals surface area contributed by atoms with Crippen LogP contribution in [0.25, 0.3) is 0 Å². The zero-order chi connectivity index (χ0) is 13.7. The van der Waals surface area contributed by atoms with Gasteiger partial charge in [0.1, 0.15) is 5.75 Å². The van der Waals surface area contributed by atoms with E-state index in [1.54, 1.807) is 0 Å². The third-order valence-electron chi connectivity index (χ3n) is 3.74. The van der Waals surface area contributed by atoms with Crippen LogP contribution in [0.5, 0.6) is 5.75 Å². The number of nitrogens with one attached hydrogen (secondary N) is 1. The molecule has 1 aliphatic carbocycles. The molecular weight excluding hydrogens is 240 g/mol. The first-order chi connectivity index (χ1) is 9.26. The summed E-state index contributed by atoms with van der Waals surface area (Å²) in [5.41, 5.74) is 6.48. The molecule has 0 radical (unpaired) electrons. The predicted molar refractivity (Wildman–Crippen MR) is 76.1 cm³/mol. The van der Waals surface area contributed by atoms with E-state index in [9.17, 15) is 4.79 Å². The van der Waals surface area contributed by atoms with Crippen molar-refractivity contribution in [3.05, 3.63) is 24.3 Å². The first-order valence-electron chi connectivity index (χ1n) is 6.99. The highest BCUT2D eigenvalue weighted by Gasteiger charge is 2.32. The molecule has 1 fully saturated rings. The van der Waals surface area contributed by atoms with Gasteiger partial charge in [0.15, 0.2) is 0 Å². The Bertz CT molecular complexity index is 434. The highest BCUT2D eigenvalue weighted by molar-refractivity contribution is 5.94. The lowest BCUT2D eigenvalue weighted by molar-refractivity contribution is -0.120. The second kappa shape index (κ2) is 6.57. The third kappa shape index (κ3) is 3.26. The highest BCUT2D eigenvalue weighted by atomic mass is 16.5.